The maximum atomic E-state index is 13.2. The van der Waals surface area contributed by atoms with Crippen molar-refractivity contribution in [3.63, 3.8) is 0 Å². The number of nitrogens with zero attached hydrogens (tertiary/aromatic N) is 1. The summed E-state index contributed by atoms with van der Waals surface area (Å²) in [5.41, 5.74) is 2.04. The van der Waals surface area contributed by atoms with E-state index in [4.69, 9.17) is 9.47 Å². The number of halogens is 3. The first kappa shape index (κ1) is 24.9. The van der Waals surface area contributed by atoms with Gasteiger partial charge in [0.25, 0.3) is 0 Å². The number of para-hydroxylation sites is 1. The van der Waals surface area contributed by atoms with Crippen LogP contribution in [0.5, 0.6) is 11.5 Å². The van der Waals surface area contributed by atoms with Crippen molar-refractivity contribution < 1.29 is 27.4 Å². The molecule has 1 spiro atoms. The van der Waals surface area contributed by atoms with E-state index in [1.807, 2.05) is 79.4 Å². The Kier molecular flexibility index (Phi) is 5.79. The molecule has 4 aromatic carbocycles. The summed E-state index contributed by atoms with van der Waals surface area (Å²) in [5, 5.41) is 3.18. The highest BCUT2D eigenvalue weighted by Gasteiger charge is 2.53. The van der Waals surface area contributed by atoms with Gasteiger partial charge in [0.2, 0.25) is 0 Å². The van der Waals surface area contributed by atoms with Crippen molar-refractivity contribution in [2.45, 2.75) is 31.8 Å². The molecule has 0 fully saturated rings. The Hall–Kier alpha value is -4.46. The number of alkyl halides is 3. The van der Waals surface area contributed by atoms with Crippen LogP contribution in [0.3, 0.4) is 0 Å². The fraction of sp³-hybridized carbons (Fsp3) is 0.194. The fourth-order valence-electron chi connectivity index (χ4n) is 5.58. The lowest BCUT2D eigenvalue weighted by atomic mass is 9.77. The lowest BCUT2D eigenvalue weighted by Crippen LogP contribution is -2.39. The van der Waals surface area contributed by atoms with Crippen LogP contribution in [0, 0.1) is 0 Å². The SMILES string of the molecule is CCN(c1ccc2c(c1)Oc1ccccc1C21OC(=O)c2ccccc21)C(C)Nc1cccc(C(F)(F)F)c1. The number of hydrogen-bond donors (Lipinski definition) is 1. The first-order valence-corrected chi connectivity index (χ1v) is 12.7. The van der Waals surface area contributed by atoms with Gasteiger partial charge in [-0.3, -0.25) is 0 Å². The molecule has 1 N–H and O–H groups in total. The Morgan fingerprint density at radius 1 is 0.872 bits per heavy atom. The van der Waals surface area contributed by atoms with Crippen LogP contribution in [0.4, 0.5) is 24.5 Å². The van der Waals surface area contributed by atoms with Gasteiger partial charge in [0.05, 0.1) is 17.3 Å². The quantitative estimate of drug-likeness (QED) is 0.213. The third-order valence-corrected chi connectivity index (χ3v) is 7.31. The molecule has 2 aliphatic heterocycles. The molecule has 2 atom stereocenters. The molecule has 2 heterocycles. The summed E-state index contributed by atoms with van der Waals surface area (Å²) in [4.78, 5) is 15.0. The smallest absolute Gasteiger partial charge is 0.416 e. The first-order chi connectivity index (χ1) is 18.7. The van der Waals surface area contributed by atoms with Gasteiger partial charge in [-0.1, -0.05) is 42.5 Å². The third-order valence-electron chi connectivity index (χ3n) is 7.31. The number of carbonyl (C=O) groups excluding carboxylic acids is 1. The molecule has 0 aliphatic carbocycles. The van der Waals surface area contributed by atoms with Crippen molar-refractivity contribution in [1.82, 2.24) is 0 Å². The van der Waals surface area contributed by atoms with Gasteiger partial charge in [0.1, 0.15) is 11.5 Å². The van der Waals surface area contributed by atoms with Crippen molar-refractivity contribution in [3.05, 3.63) is 119 Å². The first-order valence-electron chi connectivity index (χ1n) is 12.7. The summed E-state index contributed by atoms with van der Waals surface area (Å²) < 4.78 is 52.2. The molecule has 198 valence electrons. The molecular weight excluding hydrogens is 505 g/mol. The lowest BCUT2D eigenvalue weighted by molar-refractivity contribution is -0.137. The minimum absolute atomic E-state index is 0.341. The number of ether oxygens (including phenoxy) is 2. The van der Waals surface area contributed by atoms with Gasteiger partial charge in [-0.25, -0.2) is 4.79 Å². The van der Waals surface area contributed by atoms with Crippen molar-refractivity contribution in [2.24, 2.45) is 0 Å². The van der Waals surface area contributed by atoms with Crippen LogP contribution in [0.1, 0.15) is 46.5 Å². The van der Waals surface area contributed by atoms with E-state index in [0.717, 1.165) is 28.9 Å². The second-order valence-corrected chi connectivity index (χ2v) is 9.58. The van der Waals surface area contributed by atoms with Gasteiger partial charge in [0.15, 0.2) is 5.60 Å². The largest absolute Gasteiger partial charge is 0.456 e. The van der Waals surface area contributed by atoms with E-state index in [1.54, 1.807) is 12.1 Å². The highest BCUT2D eigenvalue weighted by molar-refractivity contribution is 5.97. The van der Waals surface area contributed by atoms with Gasteiger partial charge in [-0.15, -0.1) is 0 Å². The molecule has 4 aromatic rings. The van der Waals surface area contributed by atoms with Crippen LogP contribution < -0.4 is 15.0 Å². The molecular formula is C31H25F3N2O3. The number of anilines is 2. The van der Waals surface area contributed by atoms with E-state index >= 15 is 0 Å². The molecule has 39 heavy (non-hydrogen) atoms. The van der Waals surface area contributed by atoms with Crippen LogP contribution in [-0.4, -0.2) is 18.7 Å². The Bertz CT molecular complexity index is 1590. The van der Waals surface area contributed by atoms with Crippen molar-refractivity contribution in [1.29, 1.82) is 0 Å². The molecule has 0 saturated carbocycles. The lowest BCUT2D eigenvalue weighted by Gasteiger charge is -2.38. The summed E-state index contributed by atoms with van der Waals surface area (Å²) in [7, 11) is 0. The van der Waals surface area contributed by atoms with Crippen LogP contribution >= 0.6 is 0 Å². The normalized spacial score (nSPS) is 17.9. The maximum absolute atomic E-state index is 13.2. The summed E-state index contributed by atoms with van der Waals surface area (Å²) in [5.74, 6) is 0.733. The molecule has 2 aliphatic rings. The van der Waals surface area contributed by atoms with Crippen molar-refractivity contribution in [2.75, 3.05) is 16.8 Å². The zero-order chi connectivity index (χ0) is 27.4. The Balaban J connectivity index is 1.39. The van der Waals surface area contributed by atoms with Crippen molar-refractivity contribution >= 4 is 17.3 Å². The van der Waals surface area contributed by atoms with Crippen LogP contribution in [0.2, 0.25) is 0 Å². The second-order valence-electron chi connectivity index (χ2n) is 9.58. The topological polar surface area (TPSA) is 50.8 Å². The molecule has 0 saturated heterocycles. The highest BCUT2D eigenvalue weighted by Crippen LogP contribution is 2.56. The van der Waals surface area contributed by atoms with E-state index in [9.17, 15) is 18.0 Å². The summed E-state index contributed by atoms with van der Waals surface area (Å²) >= 11 is 0. The zero-order valence-electron chi connectivity index (χ0n) is 21.3. The average Bonchev–Trinajstić information content (AvgIpc) is 3.21. The number of hydrogen-bond acceptors (Lipinski definition) is 5. The highest BCUT2D eigenvalue weighted by atomic mass is 19.4. The number of carbonyl (C=O) groups is 1. The van der Waals surface area contributed by atoms with Crippen LogP contribution in [0.15, 0.2) is 91.0 Å². The number of fused-ring (bicyclic) bond motifs is 6. The molecule has 6 rings (SSSR count). The average molecular weight is 531 g/mol. The summed E-state index contributed by atoms with van der Waals surface area (Å²) in [6, 6.07) is 25.7. The molecule has 2 unspecified atom stereocenters. The van der Waals surface area contributed by atoms with E-state index < -0.39 is 23.3 Å². The molecule has 0 radical (unpaired) electrons. The monoisotopic (exact) mass is 530 g/mol. The third kappa shape index (κ3) is 3.98. The van der Waals surface area contributed by atoms with Gasteiger partial charge < -0.3 is 19.7 Å². The number of rotatable bonds is 5. The van der Waals surface area contributed by atoms with Crippen LogP contribution in [-0.2, 0) is 16.5 Å². The molecule has 5 nitrogen and oxygen atoms in total. The standard InChI is InChI=1S/C31H25F3N2O3/c1-3-36(19(2)35-21-10-8-9-20(17-21)31(32,33)34)22-15-16-26-28(18-22)38-27-14-7-6-13-25(27)30(26)24-12-5-4-11-23(24)29(37)39-30/h4-19,35H,3H2,1-2H3. The summed E-state index contributed by atoms with van der Waals surface area (Å²) in [6.45, 7) is 4.43. The van der Waals surface area contributed by atoms with Gasteiger partial charge >= 0.3 is 12.1 Å². The molecule has 0 amide bonds. The predicted octanol–water partition coefficient (Wildman–Crippen LogP) is 7.56. The summed E-state index contributed by atoms with van der Waals surface area (Å²) in [6.07, 6.45) is -4.76. The van der Waals surface area contributed by atoms with Crippen LogP contribution in [0.25, 0.3) is 0 Å². The van der Waals surface area contributed by atoms with Gasteiger partial charge in [0, 0.05) is 40.7 Å². The maximum Gasteiger partial charge on any atom is 0.416 e. The second kappa shape index (κ2) is 9.08. The number of esters is 1. The number of benzene rings is 4. The van der Waals surface area contributed by atoms with E-state index in [1.165, 1.54) is 6.07 Å². The van der Waals surface area contributed by atoms with Gasteiger partial charge in [-0.2, -0.15) is 13.2 Å². The van der Waals surface area contributed by atoms with E-state index in [0.29, 0.717) is 34.9 Å². The van der Waals surface area contributed by atoms with E-state index in [2.05, 4.69) is 5.32 Å². The fourth-order valence-corrected chi connectivity index (χ4v) is 5.58. The Labute approximate surface area is 223 Å². The Morgan fingerprint density at radius 2 is 1.59 bits per heavy atom. The minimum Gasteiger partial charge on any atom is -0.456 e. The minimum atomic E-state index is -4.42. The van der Waals surface area contributed by atoms with Crippen molar-refractivity contribution in [3.8, 4) is 11.5 Å². The van der Waals surface area contributed by atoms with Gasteiger partial charge in [-0.05, 0) is 56.3 Å². The Morgan fingerprint density at radius 3 is 2.36 bits per heavy atom. The molecule has 0 bridgehead atoms. The molecule has 8 heteroatoms. The number of nitrogens with one attached hydrogen (secondary N) is 1. The molecule has 0 aromatic heterocycles. The van der Waals surface area contributed by atoms with E-state index in [-0.39, 0.29) is 6.17 Å². The zero-order valence-corrected chi connectivity index (χ0v) is 21.3. The predicted molar refractivity (Wildman–Crippen MR) is 142 cm³/mol.